The Kier molecular flexibility index (Phi) is 3.26. The third kappa shape index (κ3) is 2.89. The molecular formula is C7H14N2O2S2. The molecule has 76 valence electrons. The van der Waals surface area contributed by atoms with Crippen LogP contribution in [0.25, 0.3) is 0 Å². The Morgan fingerprint density at radius 3 is 2.54 bits per heavy atom. The smallest absolute Gasteiger partial charge is 0.216 e. The summed E-state index contributed by atoms with van der Waals surface area (Å²) in [5, 5.41) is -0.149. The SMILES string of the molecule is CN(CCC(N)=S)S(=O)(=O)C1CC1. The van der Waals surface area contributed by atoms with Crippen LogP contribution >= 0.6 is 12.2 Å². The average molecular weight is 222 g/mol. The van der Waals surface area contributed by atoms with Crippen LogP contribution in [0.3, 0.4) is 0 Å². The van der Waals surface area contributed by atoms with Crippen LogP contribution in [0.1, 0.15) is 19.3 Å². The molecule has 6 heteroatoms. The zero-order valence-corrected chi connectivity index (χ0v) is 9.20. The number of thiocarbonyl (C=S) groups is 1. The van der Waals surface area contributed by atoms with Gasteiger partial charge in [0.1, 0.15) is 0 Å². The standard InChI is InChI=1S/C7H14N2O2S2/c1-9(5-4-7(8)12)13(10,11)6-2-3-6/h6H,2-5H2,1H3,(H2,8,12). The molecule has 13 heavy (non-hydrogen) atoms. The van der Waals surface area contributed by atoms with Crippen LogP contribution in [0.4, 0.5) is 0 Å². The number of hydrogen-bond donors (Lipinski definition) is 1. The highest BCUT2D eigenvalue weighted by atomic mass is 32.2. The summed E-state index contributed by atoms with van der Waals surface area (Å²) in [6.45, 7) is 0.397. The first-order chi connectivity index (χ1) is 5.94. The van der Waals surface area contributed by atoms with Gasteiger partial charge >= 0.3 is 0 Å². The number of nitrogens with zero attached hydrogens (tertiary/aromatic N) is 1. The lowest BCUT2D eigenvalue weighted by atomic mass is 10.4. The molecule has 1 saturated carbocycles. The van der Waals surface area contributed by atoms with Gasteiger partial charge in [0.25, 0.3) is 0 Å². The largest absolute Gasteiger partial charge is 0.393 e. The number of hydrogen-bond acceptors (Lipinski definition) is 3. The molecule has 0 saturated heterocycles. The lowest BCUT2D eigenvalue weighted by Gasteiger charge is -2.15. The van der Waals surface area contributed by atoms with Crippen LogP contribution in [-0.4, -0.2) is 36.6 Å². The van der Waals surface area contributed by atoms with E-state index in [-0.39, 0.29) is 5.25 Å². The van der Waals surface area contributed by atoms with Crippen molar-refractivity contribution in [1.29, 1.82) is 0 Å². The van der Waals surface area contributed by atoms with E-state index < -0.39 is 10.0 Å². The number of rotatable bonds is 5. The summed E-state index contributed by atoms with van der Waals surface area (Å²) in [5.41, 5.74) is 5.29. The van der Waals surface area contributed by atoms with E-state index in [0.29, 0.717) is 18.0 Å². The molecule has 0 spiro atoms. The molecule has 0 aromatic rings. The minimum atomic E-state index is -3.04. The van der Waals surface area contributed by atoms with E-state index in [4.69, 9.17) is 5.73 Å². The van der Waals surface area contributed by atoms with Crippen LogP contribution in [0.15, 0.2) is 0 Å². The monoisotopic (exact) mass is 222 g/mol. The van der Waals surface area contributed by atoms with Gasteiger partial charge in [-0.2, -0.15) is 0 Å². The summed E-state index contributed by atoms with van der Waals surface area (Å²) < 4.78 is 24.4. The maximum absolute atomic E-state index is 11.5. The predicted octanol–water partition coefficient (Wildman–Crippen LogP) is 0.0866. The lowest BCUT2D eigenvalue weighted by molar-refractivity contribution is 0.477. The maximum Gasteiger partial charge on any atom is 0.216 e. The van der Waals surface area contributed by atoms with E-state index in [9.17, 15) is 8.42 Å². The van der Waals surface area contributed by atoms with Gasteiger partial charge in [-0.3, -0.25) is 0 Å². The summed E-state index contributed by atoms with van der Waals surface area (Å²) in [7, 11) is -1.47. The number of sulfonamides is 1. The van der Waals surface area contributed by atoms with E-state index in [0.717, 1.165) is 12.8 Å². The van der Waals surface area contributed by atoms with E-state index in [2.05, 4.69) is 12.2 Å². The van der Waals surface area contributed by atoms with Crippen LogP contribution in [0.5, 0.6) is 0 Å². The molecular weight excluding hydrogens is 208 g/mol. The van der Waals surface area contributed by atoms with Crippen molar-refractivity contribution >= 4 is 27.2 Å². The van der Waals surface area contributed by atoms with Gasteiger partial charge in [0.15, 0.2) is 0 Å². The van der Waals surface area contributed by atoms with Gasteiger partial charge in [0.2, 0.25) is 10.0 Å². The van der Waals surface area contributed by atoms with E-state index in [1.807, 2.05) is 0 Å². The zero-order chi connectivity index (χ0) is 10.1. The molecule has 0 atom stereocenters. The van der Waals surface area contributed by atoms with Gasteiger partial charge in [-0.15, -0.1) is 0 Å². The minimum Gasteiger partial charge on any atom is -0.393 e. The van der Waals surface area contributed by atoms with Crippen LogP contribution in [-0.2, 0) is 10.0 Å². The van der Waals surface area contributed by atoms with Crippen molar-refractivity contribution in [2.24, 2.45) is 5.73 Å². The summed E-state index contributed by atoms with van der Waals surface area (Å²) in [6, 6.07) is 0. The van der Waals surface area contributed by atoms with Crippen molar-refractivity contribution < 1.29 is 8.42 Å². The summed E-state index contributed by atoms with van der Waals surface area (Å²) in [4.78, 5) is 0.359. The number of nitrogens with two attached hydrogens (primary N) is 1. The molecule has 0 unspecified atom stereocenters. The van der Waals surface area contributed by atoms with Crippen molar-refractivity contribution in [2.45, 2.75) is 24.5 Å². The van der Waals surface area contributed by atoms with Gasteiger partial charge < -0.3 is 5.73 Å². The average Bonchev–Trinajstić information content (AvgIpc) is 2.81. The molecule has 1 rings (SSSR count). The van der Waals surface area contributed by atoms with Crippen molar-refractivity contribution in [3.8, 4) is 0 Å². The first kappa shape index (κ1) is 10.9. The topological polar surface area (TPSA) is 63.4 Å². The Hall–Kier alpha value is -0.200. The second-order valence-electron chi connectivity index (χ2n) is 3.28. The van der Waals surface area contributed by atoms with Crippen molar-refractivity contribution in [3.05, 3.63) is 0 Å². The van der Waals surface area contributed by atoms with Crippen molar-refractivity contribution in [1.82, 2.24) is 4.31 Å². The molecule has 0 aromatic heterocycles. The van der Waals surface area contributed by atoms with Crippen molar-refractivity contribution in [3.63, 3.8) is 0 Å². The first-order valence-corrected chi connectivity index (χ1v) is 6.09. The predicted molar refractivity (Wildman–Crippen MR) is 56.0 cm³/mol. The molecule has 4 nitrogen and oxygen atoms in total. The highest BCUT2D eigenvalue weighted by Crippen LogP contribution is 2.30. The van der Waals surface area contributed by atoms with E-state index >= 15 is 0 Å². The summed E-state index contributed by atoms with van der Waals surface area (Å²) in [5.74, 6) is 0. The summed E-state index contributed by atoms with van der Waals surface area (Å²) in [6.07, 6.45) is 2.04. The molecule has 0 heterocycles. The Bertz CT molecular complexity index is 296. The van der Waals surface area contributed by atoms with Crippen LogP contribution in [0, 0.1) is 0 Å². The van der Waals surface area contributed by atoms with Gasteiger partial charge in [0, 0.05) is 20.0 Å². The van der Waals surface area contributed by atoms with E-state index in [1.165, 1.54) is 4.31 Å². The van der Waals surface area contributed by atoms with Gasteiger partial charge in [-0.25, -0.2) is 12.7 Å². The van der Waals surface area contributed by atoms with Gasteiger partial charge in [-0.1, -0.05) is 12.2 Å². The Balaban J connectivity index is 2.46. The Labute approximate surface area is 84.1 Å². The van der Waals surface area contributed by atoms with Crippen molar-refractivity contribution in [2.75, 3.05) is 13.6 Å². The lowest BCUT2D eigenvalue weighted by Crippen LogP contribution is -2.32. The van der Waals surface area contributed by atoms with Gasteiger partial charge in [0.05, 0.1) is 10.2 Å². The highest BCUT2D eigenvalue weighted by Gasteiger charge is 2.38. The van der Waals surface area contributed by atoms with Crippen LogP contribution < -0.4 is 5.73 Å². The molecule has 0 amide bonds. The second kappa shape index (κ2) is 3.89. The molecule has 0 radical (unpaired) electrons. The minimum absolute atomic E-state index is 0.149. The fourth-order valence-electron chi connectivity index (χ4n) is 1.02. The Morgan fingerprint density at radius 1 is 1.62 bits per heavy atom. The fraction of sp³-hybridized carbons (Fsp3) is 0.857. The normalized spacial score (nSPS) is 17.7. The van der Waals surface area contributed by atoms with Crippen LogP contribution in [0.2, 0.25) is 0 Å². The molecule has 2 N–H and O–H groups in total. The molecule has 1 aliphatic carbocycles. The third-order valence-corrected chi connectivity index (χ3v) is 4.62. The molecule has 0 aromatic carbocycles. The molecule has 1 fully saturated rings. The fourth-order valence-corrected chi connectivity index (χ4v) is 2.69. The zero-order valence-electron chi connectivity index (χ0n) is 7.56. The summed E-state index contributed by atoms with van der Waals surface area (Å²) >= 11 is 4.67. The molecule has 0 bridgehead atoms. The third-order valence-electron chi connectivity index (χ3n) is 2.05. The Morgan fingerprint density at radius 2 is 2.15 bits per heavy atom. The molecule has 1 aliphatic rings. The maximum atomic E-state index is 11.5. The first-order valence-electron chi connectivity index (χ1n) is 4.18. The molecule has 0 aliphatic heterocycles. The van der Waals surface area contributed by atoms with E-state index in [1.54, 1.807) is 7.05 Å². The second-order valence-corrected chi connectivity index (χ2v) is 6.13. The highest BCUT2D eigenvalue weighted by molar-refractivity contribution is 7.90. The quantitative estimate of drug-likeness (QED) is 0.669. The van der Waals surface area contributed by atoms with Gasteiger partial charge in [-0.05, 0) is 12.8 Å².